The lowest BCUT2D eigenvalue weighted by atomic mass is 10.0. The number of pyridine rings is 1. The Labute approximate surface area is 148 Å². The van der Waals surface area contributed by atoms with E-state index < -0.39 is 0 Å². The summed E-state index contributed by atoms with van der Waals surface area (Å²) in [4.78, 5) is 16.3. The molecule has 1 amide bonds. The predicted molar refractivity (Wildman–Crippen MR) is 98.5 cm³/mol. The van der Waals surface area contributed by atoms with E-state index in [2.05, 4.69) is 21.7 Å². The summed E-state index contributed by atoms with van der Waals surface area (Å²) in [5.41, 5.74) is 4.15. The molecule has 1 aliphatic heterocycles. The van der Waals surface area contributed by atoms with Gasteiger partial charge in [0.25, 0.3) is 0 Å². The molecule has 1 aromatic carbocycles. The first-order valence-electron chi connectivity index (χ1n) is 7.26. The van der Waals surface area contributed by atoms with Crippen LogP contribution < -0.4 is 10.6 Å². The number of aryl methyl sites for hydroxylation is 1. The van der Waals surface area contributed by atoms with Crippen LogP contribution in [0.25, 0.3) is 11.1 Å². The third kappa shape index (κ3) is 4.67. The zero-order chi connectivity index (χ0) is 14.7. The molecule has 4 nitrogen and oxygen atoms in total. The molecule has 0 radical (unpaired) electrons. The molecule has 1 aromatic heterocycles. The van der Waals surface area contributed by atoms with Crippen LogP contribution in [0.15, 0.2) is 42.7 Å². The van der Waals surface area contributed by atoms with Crippen molar-refractivity contribution in [1.82, 2.24) is 10.3 Å². The van der Waals surface area contributed by atoms with Gasteiger partial charge in [-0.1, -0.05) is 12.1 Å². The van der Waals surface area contributed by atoms with E-state index in [1.807, 2.05) is 31.2 Å². The number of benzene rings is 1. The van der Waals surface area contributed by atoms with Crippen molar-refractivity contribution in [3.05, 3.63) is 48.3 Å². The van der Waals surface area contributed by atoms with Crippen LogP contribution in [0.2, 0.25) is 0 Å². The average Bonchev–Trinajstić information content (AvgIpc) is 3.05. The molecule has 1 atom stereocenters. The van der Waals surface area contributed by atoms with Crippen LogP contribution in [-0.4, -0.2) is 24.0 Å². The van der Waals surface area contributed by atoms with Crippen molar-refractivity contribution in [2.45, 2.75) is 13.3 Å². The van der Waals surface area contributed by atoms with Crippen LogP contribution >= 0.6 is 24.8 Å². The van der Waals surface area contributed by atoms with Crippen molar-refractivity contribution in [2.24, 2.45) is 5.92 Å². The smallest absolute Gasteiger partial charge is 0.228 e. The highest BCUT2D eigenvalue weighted by molar-refractivity contribution is 5.94. The normalized spacial score (nSPS) is 16.1. The Morgan fingerprint density at radius 1 is 1.17 bits per heavy atom. The molecule has 3 rings (SSSR count). The molecule has 0 bridgehead atoms. The quantitative estimate of drug-likeness (QED) is 0.888. The van der Waals surface area contributed by atoms with E-state index in [0.29, 0.717) is 0 Å². The second-order valence-electron chi connectivity index (χ2n) is 5.44. The molecular weight excluding hydrogens is 333 g/mol. The van der Waals surface area contributed by atoms with E-state index in [0.717, 1.165) is 41.9 Å². The predicted octanol–water partition coefficient (Wildman–Crippen LogP) is 3.45. The largest absolute Gasteiger partial charge is 0.326 e. The second-order valence-corrected chi connectivity index (χ2v) is 5.44. The molecule has 0 saturated carbocycles. The summed E-state index contributed by atoms with van der Waals surface area (Å²) in [6.07, 6.45) is 4.46. The van der Waals surface area contributed by atoms with Crippen LogP contribution in [0.1, 0.15) is 12.0 Å². The number of anilines is 1. The molecule has 2 heterocycles. The maximum absolute atomic E-state index is 12.3. The van der Waals surface area contributed by atoms with Crippen LogP contribution in [0, 0.1) is 12.8 Å². The minimum absolute atomic E-state index is 0. The van der Waals surface area contributed by atoms with Crippen molar-refractivity contribution in [3.63, 3.8) is 0 Å². The standard InChI is InChI=1S/C17H19N3O.2ClH/c1-12-2-3-14(13-4-7-18-8-5-13)10-16(12)20-17(21)15-6-9-19-11-15;;/h2-5,7-8,10,15,19H,6,9,11H2,1H3,(H,20,21);2*1H. The highest BCUT2D eigenvalue weighted by Gasteiger charge is 2.22. The Morgan fingerprint density at radius 3 is 2.57 bits per heavy atom. The van der Waals surface area contributed by atoms with E-state index in [4.69, 9.17) is 0 Å². The van der Waals surface area contributed by atoms with Crippen LogP contribution in [0.5, 0.6) is 0 Å². The van der Waals surface area contributed by atoms with Crippen molar-refractivity contribution < 1.29 is 4.79 Å². The van der Waals surface area contributed by atoms with Gasteiger partial charge in [0.1, 0.15) is 0 Å². The lowest BCUT2D eigenvalue weighted by Gasteiger charge is -2.13. The highest BCUT2D eigenvalue weighted by Crippen LogP contribution is 2.25. The van der Waals surface area contributed by atoms with E-state index in [9.17, 15) is 4.79 Å². The number of carbonyl (C=O) groups excluding carboxylic acids is 1. The van der Waals surface area contributed by atoms with Gasteiger partial charge < -0.3 is 10.6 Å². The molecule has 1 fully saturated rings. The van der Waals surface area contributed by atoms with Gasteiger partial charge in [0.15, 0.2) is 0 Å². The fourth-order valence-corrected chi connectivity index (χ4v) is 2.59. The number of hydrogen-bond donors (Lipinski definition) is 2. The van der Waals surface area contributed by atoms with E-state index >= 15 is 0 Å². The van der Waals surface area contributed by atoms with Gasteiger partial charge >= 0.3 is 0 Å². The summed E-state index contributed by atoms with van der Waals surface area (Å²) in [6, 6.07) is 10.1. The van der Waals surface area contributed by atoms with Crippen LogP contribution in [-0.2, 0) is 4.79 Å². The van der Waals surface area contributed by atoms with Gasteiger partial charge in [0.2, 0.25) is 5.91 Å². The Hall–Kier alpha value is -1.62. The third-order valence-corrected chi connectivity index (χ3v) is 3.94. The minimum Gasteiger partial charge on any atom is -0.326 e. The van der Waals surface area contributed by atoms with Crippen LogP contribution in [0.3, 0.4) is 0 Å². The monoisotopic (exact) mass is 353 g/mol. The molecule has 0 aliphatic carbocycles. The van der Waals surface area contributed by atoms with Gasteiger partial charge in [0, 0.05) is 24.6 Å². The van der Waals surface area contributed by atoms with Gasteiger partial charge in [0.05, 0.1) is 5.92 Å². The molecule has 1 aliphatic rings. The van der Waals surface area contributed by atoms with Gasteiger partial charge in [-0.15, -0.1) is 24.8 Å². The molecule has 2 N–H and O–H groups in total. The van der Waals surface area contributed by atoms with E-state index in [1.54, 1.807) is 12.4 Å². The number of carbonyl (C=O) groups is 1. The van der Waals surface area contributed by atoms with Crippen LogP contribution in [0.4, 0.5) is 5.69 Å². The number of nitrogens with zero attached hydrogens (tertiary/aromatic N) is 1. The fraction of sp³-hybridized carbons (Fsp3) is 0.294. The Morgan fingerprint density at radius 2 is 1.91 bits per heavy atom. The lowest BCUT2D eigenvalue weighted by Crippen LogP contribution is -2.24. The van der Waals surface area contributed by atoms with Crippen molar-refractivity contribution in [3.8, 4) is 11.1 Å². The van der Waals surface area contributed by atoms with Gasteiger partial charge in [-0.3, -0.25) is 9.78 Å². The first-order valence-corrected chi connectivity index (χ1v) is 7.26. The molecule has 23 heavy (non-hydrogen) atoms. The number of amides is 1. The summed E-state index contributed by atoms with van der Waals surface area (Å²) < 4.78 is 0. The number of rotatable bonds is 3. The molecule has 0 spiro atoms. The third-order valence-electron chi connectivity index (χ3n) is 3.94. The number of nitrogens with one attached hydrogen (secondary N) is 2. The maximum atomic E-state index is 12.3. The number of aromatic nitrogens is 1. The zero-order valence-corrected chi connectivity index (χ0v) is 14.5. The van der Waals surface area contributed by atoms with E-state index in [-0.39, 0.29) is 36.6 Å². The average molecular weight is 354 g/mol. The summed E-state index contributed by atoms with van der Waals surface area (Å²) in [5.74, 6) is 0.184. The van der Waals surface area contributed by atoms with Gasteiger partial charge in [-0.2, -0.15) is 0 Å². The summed E-state index contributed by atoms with van der Waals surface area (Å²) in [5, 5.41) is 6.29. The fourth-order valence-electron chi connectivity index (χ4n) is 2.59. The topological polar surface area (TPSA) is 54.0 Å². The number of halogens is 2. The summed E-state index contributed by atoms with van der Waals surface area (Å²) >= 11 is 0. The van der Waals surface area contributed by atoms with Crippen molar-refractivity contribution in [2.75, 3.05) is 18.4 Å². The Bertz CT molecular complexity index is 644. The second kappa shape index (κ2) is 8.87. The molecule has 6 heteroatoms. The zero-order valence-electron chi connectivity index (χ0n) is 12.9. The lowest BCUT2D eigenvalue weighted by molar-refractivity contribution is -0.119. The molecular formula is C17H21Cl2N3O. The van der Waals surface area contributed by atoms with Crippen molar-refractivity contribution >= 4 is 36.4 Å². The summed E-state index contributed by atoms with van der Waals surface area (Å²) in [7, 11) is 0. The first-order chi connectivity index (χ1) is 10.2. The Kier molecular flexibility index (Phi) is 7.49. The maximum Gasteiger partial charge on any atom is 0.228 e. The SMILES string of the molecule is Cc1ccc(-c2ccncc2)cc1NC(=O)C1CCNC1.Cl.Cl. The van der Waals surface area contributed by atoms with Crippen molar-refractivity contribution in [1.29, 1.82) is 0 Å². The van der Waals surface area contributed by atoms with Gasteiger partial charge in [-0.05, 0) is 54.8 Å². The van der Waals surface area contributed by atoms with Gasteiger partial charge in [-0.25, -0.2) is 0 Å². The minimum atomic E-state index is 0. The summed E-state index contributed by atoms with van der Waals surface area (Å²) in [6.45, 7) is 3.71. The molecule has 124 valence electrons. The molecule has 1 unspecified atom stereocenters. The highest BCUT2D eigenvalue weighted by atomic mass is 35.5. The molecule has 1 saturated heterocycles. The first kappa shape index (κ1) is 19.4. The Balaban J connectivity index is 0.00000132. The molecule has 2 aromatic rings. The van der Waals surface area contributed by atoms with E-state index in [1.165, 1.54) is 0 Å². The number of hydrogen-bond acceptors (Lipinski definition) is 3.